The topological polar surface area (TPSA) is 26.3 Å². The maximum atomic E-state index is 12.4. The maximum absolute atomic E-state index is 12.4. The average molecular weight is 242 g/mol. The van der Waals surface area contributed by atoms with E-state index in [9.17, 15) is 4.79 Å². The number of carbonyl (C=O) groups is 1. The molecule has 0 radical (unpaired) electrons. The summed E-state index contributed by atoms with van der Waals surface area (Å²) in [4.78, 5) is 12.4. The SMILES string of the molecule is CCC(C)(C)C(C)(CC(C)C)C(=O)OC(C)C. The molecular formula is C15H30O2. The van der Waals surface area contributed by atoms with Crippen molar-refractivity contribution in [3.8, 4) is 0 Å². The fourth-order valence-electron chi connectivity index (χ4n) is 2.19. The lowest BCUT2D eigenvalue weighted by Crippen LogP contribution is -2.44. The first kappa shape index (κ1) is 16.5. The Balaban J connectivity index is 5.17. The van der Waals surface area contributed by atoms with Gasteiger partial charge in [0, 0.05) is 0 Å². The fraction of sp³-hybridized carbons (Fsp3) is 0.933. The van der Waals surface area contributed by atoms with E-state index in [4.69, 9.17) is 4.74 Å². The highest BCUT2D eigenvalue weighted by atomic mass is 16.5. The summed E-state index contributed by atoms with van der Waals surface area (Å²) in [7, 11) is 0. The van der Waals surface area contributed by atoms with Gasteiger partial charge in [0.15, 0.2) is 0 Å². The van der Waals surface area contributed by atoms with Gasteiger partial charge in [-0.2, -0.15) is 0 Å². The third kappa shape index (κ3) is 4.01. The van der Waals surface area contributed by atoms with E-state index < -0.39 is 5.41 Å². The predicted octanol–water partition coefficient (Wildman–Crippen LogP) is 4.43. The summed E-state index contributed by atoms with van der Waals surface area (Å²) >= 11 is 0. The smallest absolute Gasteiger partial charge is 0.312 e. The molecule has 17 heavy (non-hydrogen) atoms. The van der Waals surface area contributed by atoms with E-state index in [2.05, 4.69) is 41.5 Å². The lowest BCUT2D eigenvalue weighted by atomic mass is 9.62. The van der Waals surface area contributed by atoms with Gasteiger partial charge in [-0.3, -0.25) is 4.79 Å². The van der Waals surface area contributed by atoms with Gasteiger partial charge in [-0.1, -0.05) is 34.6 Å². The summed E-state index contributed by atoms with van der Waals surface area (Å²) in [5.41, 5.74) is -0.441. The molecular weight excluding hydrogens is 212 g/mol. The molecule has 0 bridgehead atoms. The van der Waals surface area contributed by atoms with Crippen LogP contribution in [0.2, 0.25) is 0 Å². The largest absolute Gasteiger partial charge is 0.463 e. The summed E-state index contributed by atoms with van der Waals surface area (Å²) in [6.07, 6.45) is 1.81. The van der Waals surface area contributed by atoms with E-state index in [-0.39, 0.29) is 17.5 Å². The van der Waals surface area contributed by atoms with Crippen molar-refractivity contribution in [3.63, 3.8) is 0 Å². The molecule has 0 aromatic rings. The zero-order chi connectivity index (χ0) is 13.9. The monoisotopic (exact) mass is 242 g/mol. The van der Waals surface area contributed by atoms with Gasteiger partial charge >= 0.3 is 5.97 Å². The van der Waals surface area contributed by atoms with Gasteiger partial charge in [0.1, 0.15) is 0 Å². The molecule has 1 atom stereocenters. The Morgan fingerprint density at radius 2 is 1.59 bits per heavy atom. The van der Waals surface area contributed by atoms with Crippen molar-refractivity contribution in [1.82, 2.24) is 0 Å². The van der Waals surface area contributed by atoms with E-state index in [1.165, 1.54) is 0 Å². The number of hydrogen-bond donors (Lipinski definition) is 0. The molecule has 2 heteroatoms. The average Bonchev–Trinajstić information content (AvgIpc) is 2.15. The molecule has 0 spiro atoms. The molecule has 0 fully saturated rings. The minimum Gasteiger partial charge on any atom is -0.463 e. The van der Waals surface area contributed by atoms with Crippen LogP contribution in [0.3, 0.4) is 0 Å². The maximum Gasteiger partial charge on any atom is 0.312 e. The molecule has 0 aromatic heterocycles. The van der Waals surface area contributed by atoms with Gasteiger partial charge in [-0.15, -0.1) is 0 Å². The third-order valence-electron chi connectivity index (χ3n) is 3.99. The van der Waals surface area contributed by atoms with Crippen molar-refractivity contribution >= 4 is 5.97 Å². The van der Waals surface area contributed by atoms with Crippen molar-refractivity contribution in [3.05, 3.63) is 0 Å². The molecule has 0 aliphatic rings. The first-order valence-corrected chi connectivity index (χ1v) is 6.78. The Kier molecular flexibility index (Phi) is 5.70. The van der Waals surface area contributed by atoms with Crippen LogP contribution in [0.25, 0.3) is 0 Å². The molecule has 0 saturated heterocycles. The quantitative estimate of drug-likeness (QED) is 0.644. The van der Waals surface area contributed by atoms with Crippen LogP contribution in [-0.2, 0) is 9.53 Å². The van der Waals surface area contributed by atoms with Crippen molar-refractivity contribution in [2.24, 2.45) is 16.7 Å². The number of rotatable bonds is 6. The number of esters is 1. The van der Waals surface area contributed by atoms with Gasteiger partial charge in [-0.25, -0.2) is 0 Å². The second-order valence-electron chi connectivity index (χ2n) is 6.62. The summed E-state index contributed by atoms with van der Waals surface area (Å²) in [5, 5.41) is 0. The van der Waals surface area contributed by atoms with E-state index in [0.717, 1.165) is 12.8 Å². The molecule has 0 saturated carbocycles. The van der Waals surface area contributed by atoms with Crippen LogP contribution >= 0.6 is 0 Å². The zero-order valence-electron chi connectivity index (χ0n) is 12.9. The number of ether oxygens (including phenoxy) is 1. The number of carbonyl (C=O) groups excluding carboxylic acids is 1. The summed E-state index contributed by atoms with van der Waals surface area (Å²) < 4.78 is 5.47. The van der Waals surface area contributed by atoms with Crippen molar-refractivity contribution in [2.75, 3.05) is 0 Å². The number of hydrogen-bond acceptors (Lipinski definition) is 2. The molecule has 0 aromatic carbocycles. The summed E-state index contributed by atoms with van der Waals surface area (Å²) in [6, 6.07) is 0. The van der Waals surface area contributed by atoms with Crippen LogP contribution in [0.4, 0.5) is 0 Å². The van der Waals surface area contributed by atoms with Gasteiger partial charge in [0.2, 0.25) is 0 Å². The van der Waals surface area contributed by atoms with Crippen LogP contribution in [-0.4, -0.2) is 12.1 Å². The molecule has 0 aliphatic heterocycles. The van der Waals surface area contributed by atoms with Crippen molar-refractivity contribution < 1.29 is 9.53 Å². The van der Waals surface area contributed by atoms with Gasteiger partial charge in [-0.05, 0) is 44.9 Å². The Hall–Kier alpha value is -0.530. The minimum atomic E-state index is -0.403. The van der Waals surface area contributed by atoms with Crippen LogP contribution in [0.5, 0.6) is 0 Å². The van der Waals surface area contributed by atoms with Crippen LogP contribution < -0.4 is 0 Å². The normalized spacial score (nSPS) is 16.1. The van der Waals surface area contributed by atoms with E-state index in [1.54, 1.807) is 0 Å². The highest BCUT2D eigenvalue weighted by Gasteiger charge is 2.47. The second kappa shape index (κ2) is 5.88. The highest BCUT2D eigenvalue weighted by Crippen LogP contribution is 2.47. The van der Waals surface area contributed by atoms with Crippen LogP contribution in [0, 0.1) is 16.7 Å². The molecule has 0 N–H and O–H groups in total. The Morgan fingerprint density at radius 3 is 1.88 bits per heavy atom. The second-order valence-corrected chi connectivity index (χ2v) is 6.62. The van der Waals surface area contributed by atoms with Crippen molar-refractivity contribution in [2.45, 2.75) is 74.3 Å². The van der Waals surface area contributed by atoms with Gasteiger partial charge in [0.25, 0.3) is 0 Å². The van der Waals surface area contributed by atoms with E-state index in [1.807, 2.05) is 13.8 Å². The zero-order valence-corrected chi connectivity index (χ0v) is 12.9. The first-order valence-electron chi connectivity index (χ1n) is 6.78. The predicted molar refractivity (Wildman–Crippen MR) is 72.9 cm³/mol. The molecule has 0 rings (SSSR count). The fourth-order valence-corrected chi connectivity index (χ4v) is 2.19. The van der Waals surface area contributed by atoms with E-state index in [0.29, 0.717) is 5.92 Å². The molecule has 102 valence electrons. The standard InChI is InChI=1S/C15H30O2/c1-9-14(6,7)15(8,10-11(2)3)13(16)17-12(4)5/h11-12H,9-10H2,1-8H3. The molecule has 2 nitrogen and oxygen atoms in total. The Morgan fingerprint density at radius 1 is 1.12 bits per heavy atom. The summed E-state index contributed by atoms with van der Waals surface area (Å²) in [6.45, 7) is 16.7. The van der Waals surface area contributed by atoms with Gasteiger partial charge in [0.05, 0.1) is 11.5 Å². The third-order valence-corrected chi connectivity index (χ3v) is 3.99. The highest BCUT2D eigenvalue weighted by molar-refractivity contribution is 5.77. The minimum absolute atomic E-state index is 0.0384. The van der Waals surface area contributed by atoms with Crippen LogP contribution in [0.1, 0.15) is 68.2 Å². The molecule has 0 heterocycles. The molecule has 0 aliphatic carbocycles. The van der Waals surface area contributed by atoms with E-state index >= 15 is 0 Å². The Labute approximate surface area is 107 Å². The lowest BCUT2D eigenvalue weighted by Gasteiger charge is -2.43. The summed E-state index contributed by atoms with van der Waals surface area (Å²) in [5.74, 6) is 0.443. The van der Waals surface area contributed by atoms with Crippen molar-refractivity contribution in [1.29, 1.82) is 0 Å². The molecule has 0 amide bonds. The van der Waals surface area contributed by atoms with Gasteiger partial charge < -0.3 is 4.74 Å². The van der Waals surface area contributed by atoms with Crippen LogP contribution in [0.15, 0.2) is 0 Å². The first-order chi connectivity index (χ1) is 7.56. The lowest BCUT2D eigenvalue weighted by molar-refractivity contribution is -0.168. The molecule has 1 unspecified atom stereocenters. The Bertz CT molecular complexity index is 254.